The summed E-state index contributed by atoms with van der Waals surface area (Å²) in [5.74, 6) is -1.75. The number of hydrogen-bond donors (Lipinski definition) is 4. The lowest BCUT2D eigenvalue weighted by molar-refractivity contribution is -0.147. The third-order valence-electron chi connectivity index (χ3n) is 4.97. The molecule has 2 aromatic carbocycles. The van der Waals surface area contributed by atoms with E-state index in [0.717, 1.165) is 22.4 Å². The number of aliphatic carboxylic acids is 1. The van der Waals surface area contributed by atoms with Gasteiger partial charge in [0.25, 0.3) is 5.91 Å². The van der Waals surface area contributed by atoms with E-state index in [1.807, 2.05) is 55.5 Å². The largest absolute Gasteiger partial charge is 0.479 e. The Morgan fingerprint density at radius 2 is 1.87 bits per heavy atom. The van der Waals surface area contributed by atoms with E-state index in [4.69, 9.17) is 16.7 Å². The number of carboxylic acid groups (broad SMARTS) is 1. The molecule has 1 heterocycles. The first-order valence-corrected chi connectivity index (χ1v) is 10.3. The fraction of sp³-hybridized carbons (Fsp3) is 0.261. The van der Waals surface area contributed by atoms with E-state index in [2.05, 4.69) is 15.5 Å². The van der Waals surface area contributed by atoms with E-state index in [-0.39, 0.29) is 12.1 Å². The van der Waals surface area contributed by atoms with Gasteiger partial charge in [-0.3, -0.25) is 9.89 Å². The lowest BCUT2D eigenvalue weighted by Crippen LogP contribution is -2.40. The second-order valence-electron chi connectivity index (χ2n) is 7.30. The van der Waals surface area contributed by atoms with E-state index < -0.39 is 24.0 Å². The molecule has 1 amide bonds. The molecule has 0 saturated carbocycles. The summed E-state index contributed by atoms with van der Waals surface area (Å²) in [7, 11) is 0. The Morgan fingerprint density at radius 3 is 2.48 bits per heavy atom. The molecule has 0 spiro atoms. The van der Waals surface area contributed by atoms with Crippen LogP contribution in [0.15, 0.2) is 54.6 Å². The number of H-pyrrole nitrogens is 1. The van der Waals surface area contributed by atoms with Crippen molar-refractivity contribution in [1.29, 1.82) is 0 Å². The Bertz CT molecular complexity index is 1050. The maximum Gasteiger partial charge on any atom is 0.332 e. The van der Waals surface area contributed by atoms with Gasteiger partial charge in [0.1, 0.15) is 5.69 Å². The van der Waals surface area contributed by atoms with Gasteiger partial charge in [-0.15, -0.1) is 0 Å². The summed E-state index contributed by atoms with van der Waals surface area (Å²) in [6, 6.07) is 16.3. The third-order valence-corrected chi connectivity index (χ3v) is 5.20. The van der Waals surface area contributed by atoms with Crippen molar-refractivity contribution in [3.63, 3.8) is 0 Å². The number of hydrogen-bond acceptors (Lipinski definition) is 4. The highest BCUT2D eigenvalue weighted by Crippen LogP contribution is 2.23. The van der Waals surface area contributed by atoms with Crippen LogP contribution in [0.3, 0.4) is 0 Å². The van der Waals surface area contributed by atoms with Gasteiger partial charge in [0.2, 0.25) is 0 Å². The van der Waals surface area contributed by atoms with Gasteiger partial charge in [-0.2, -0.15) is 5.10 Å². The summed E-state index contributed by atoms with van der Waals surface area (Å²) in [4.78, 5) is 23.7. The molecule has 3 aromatic rings. The second-order valence-corrected chi connectivity index (χ2v) is 7.74. The number of carbonyl (C=O) groups is 2. The van der Waals surface area contributed by atoms with E-state index in [9.17, 15) is 14.7 Å². The lowest BCUT2D eigenvalue weighted by Gasteiger charge is -2.20. The molecule has 0 aliphatic carbocycles. The van der Waals surface area contributed by atoms with Crippen molar-refractivity contribution in [2.75, 3.05) is 0 Å². The predicted octanol–water partition coefficient (Wildman–Crippen LogP) is 3.47. The molecule has 0 radical (unpaired) electrons. The van der Waals surface area contributed by atoms with Crippen LogP contribution in [0.4, 0.5) is 0 Å². The maximum atomic E-state index is 12.6. The average molecular weight is 442 g/mol. The summed E-state index contributed by atoms with van der Waals surface area (Å²) in [6.45, 7) is 1.94. The van der Waals surface area contributed by atoms with Gasteiger partial charge in [-0.25, -0.2) is 4.79 Å². The smallest absolute Gasteiger partial charge is 0.332 e. The summed E-state index contributed by atoms with van der Waals surface area (Å²) in [6.07, 6.45) is -0.638. The van der Waals surface area contributed by atoms with Crippen LogP contribution >= 0.6 is 11.6 Å². The first-order valence-electron chi connectivity index (χ1n) is 9.96. The molecule has 0 fully saturated rings. The highest BCUT2D eigenvalue weighted by Gasteiger charge is 2.23. The number of aliphatic hydroxyl groups is 1. The first kappa shape index (κ1) is 22.5. The van der Waals surface area contributed by atoms with Crippen LogP contribution in [0.25, 0.3) is 11.1 Å². The zero-order valence-corrected chi connectivity index (χ0v) is 17.8. The number of carboxylic acids is 1. The molecule has 7 nitrogen and oxygen atoms in total. The number of benzene rings is 2. The number of aryl methyl sites for hydroxylation is 1. The Kier molecular flexibility index (Phi) is 7.44. The number of rotatable bonds is 9. The lowest BCUT2D eigenvalue weighted by atomic mass is 9.97. The molecule has 8 heteroatoms. The predicted molar refractivity (Wildman–Crippen MR) is 118 cm³/mol. The number of nitrogens with zero attached hydrogens (tertiary/aromatic N) is 1. The molecule has 0 aliphatic rings. The monoisotopic (exact) mass is 441 g/mol. The normalized spacial score (nSPS) is 12.9. The van der Waals surface area contributed by atoms with Gasteiger partial charge in [-0.05, 0) is 47.7 Å². The summed E-state index contributed by atoms with van der Waals surface area (Å²) >= 11 is 6.06. The van der Waals surface area contributed by atoms with Crippen LogP contribution < -0.4 is 5.32 Å². The molecule has 2 atom stereocenters. The first-order chi connectivity index (χ1) is 14.9. The molecule has 0 saturated heterocycles. The van der Waals surface area contributed by atoms with Gasteiger partial charge < -0.3 is 15.5 Å². The van der Waals surface area contributed by atoms with E-state index in [1.54, 1.807) is 6.07 Å². The quantitative estimate of drug-likeness (QED) is 0.406. The molecule has 1 aromatic heterocycles. The zero-order chi connectivity index (χ0) is 22.4. The van der Waals surface area contributed by atoms with Crippen molar-refractivity contribution in [1.82, 2.24) is 15.5 Å². The maximum absolute atomic E-state index is 12.6. The summed E-state index contributed by atoms with van der Waals surface area (Å²) in [5.41, 5.74) is 3.91. The van der Waals surface area contributed by atoms with Crippen molar-refractivity contribution < 1.29 is 19.8 Å². The highest BCUT2D eigenvalue weighted by atomic mass is 35.5. The Balaban J connectivity index is 1.74. The molecule has 3 rings (SSSR count). The number of halogens is 1. The number of nitrogens with one attached hydrogen (secondary N) is 2. The molecule has 4 N–H and O–H groups in total. The second kappa shape index (κ2) is 10.2. The van der Waals surface area contributed by atoms with Crippen molar-refractivity contribution in [3.05, 3.63) is 76.6 Å². The number of carbonyl (C=O) groups excluding carboxylic acids is 1. The van der Waals surface area contributed by atoms with Gasteiger partial charge >= 0.3 is 5.97 Å². The minimum Gasteiger partial charge on any atom is -0.479 e. The molecule has 162 valence electrons. The highest BCUT2D eigenvalue weighted by molar-refractivity contribution is 6.30. The summed E-state index contributed by atoms with van der Waals surface area (Å²) < 4.78 is 0. The zero-order valence-electron chi connectivity index (χ0n) is 17.0. The van der Waals surface area contributed by atoms with Gasteiger partial charge in [0.05, 0.1) is 0 Å². The van der Waals surface area contributed by atoms with Crippen LogP contribution in [0.1, 0.15) is 35.1 Å². The van der Waals surface area contributed by atoms with E-state index in [1.165, 1.54) is 0 Å². The Morgan fingerprint density at radius 1 is 1.13 bits per heavy atom. The molecule has 0 bridgehead atoms. The third kappa shape index (κ3) is 6.16. The SMILES string of the molecule is CCc1cc(C(=O)N[C@H](Cc2ccc(-c3cccc(Cl)c3)cc2)C[C@@H](O)C(=O)O)n[nH]1. The van der Waals surface area contributed by atoms with Crippen LogP contribution in [-0.2, 0) is 17.6 Å². The van der Waals surface area contributed by atoms with Gasteiger partial charge in [0.15, 0.2) is 6.10 Å². The Hall–Kier alpha value is -3.16. The topological polar surface area (TPSA) is 115 Å². The fourth-order valence-electron chi connectivity index (χ4n) is 3.27. The molecule has 0 unspecified atom stereocenters. The van der Waals surface area contributed by atoms with Gasteiger partial charge in [-0.1, -0.05) is 54.9 Å². The van der Waals surface area contributed by atoms with Crippen molar-refractivity contribution in [2.45, 2.75) is 38.3 Å². The summed E-state index contributed by atoms with van der Waals surface area (Å²) in [5, 5.41) is 29.1. The molecule has 31 heavy (non-hydrogen) atoms. The van der Waals surface area contributed by atoms with Gasteiger partial charge in [0, 0.05) is 23.2 Å². The minimum atomic E-state index is -1.58. The van der Waals surface area contributed by atoms with Crippen LogP contribution in [0, 0.1) is 0 Å². The number of aliphatic hydroxyl groups excluding tert-OH is 1. The molecule has 0 aliphatic heterocycles. The van der Waals surface area contributed by atoms with Crippen molar-refractivity contribution in [2.24, 2.45) is 0 Å². The van der Waals surface area contributed by atoms with Crippen LogP contribution in [-0.4, -0.2) is 44.4 Å². The van der Waals surface area contributed by atoms with E-state index in [0.29, 0.717) is 17.9 Å². The number of aromatic nitrogens is 2. The van der Waals surface area contributed by atoms with Crippen molar-refractivity contribution >= 4 is 23.5 Å². The van der Waals surface area contributed by atoms with Crippen molar-refractivity contribution in [3.8, 4) is 11.1 Å². The average Bonchev–Trinajstić information content (AvgIpc) is 3.23. The molecular formula is C23H24ClN3O4. The standard InChI is InChI=1S/C23H24ClN3O4/c1-2-18-12-20(27-26-18)22(29)25-19(13-21(28)23(30)31)10-14-6-8-15(9-7-14)16-4-3-5-17(24)11-16/h3-9,11-12,19,21,28H,2,10,13H2,1H3,(H,25,29)(H,26,27)(H,30,31)/t19-,21-/m1/s1. The minimum absolute atomic E-state index is 0.123. The molecular weight excluding hydrogens is 418 g/mol. The fourth-order valence-corrected chi connectivity index (χ4v) is 3.46. The van der Waals surface area contributed by atoms with E-state index >= 15 is 0 Å². The number of aromatic amines is 1. The van der Waals surface area contributed by atoms with Crippen LogP contribution in [0.5, 0.6) is 0 Å². The number of amides is 1. The van der Waals surface area contributed by atoms with Crippen LogP contribution in [0.2, 0.25) is 5.02 Å². The Labute approximate surface area is 185 Å².